The molecule has 2 aliphatic rings. The lowest BCUT2D eigenvalue weighted by Crippen LogP contribution is -2.58. The van der Waals surface area contributed by atoms with Gasteiger partial charge in [0.2, 0.25) is 0 Å². The topological polar surface area (TPSA) is 15.3 Å². The van der Waals surface area contributed by atoms with Crippen molar-refractivity contribution in [1.29, 1.82) is 0 Å². The molecule has 1 aromatic carbocycles. The van der Waals surface area contributed by atoms with Crippen LogP contribution in [0.2, 0.25) is 0 Å². The Balaban J connectivity index is 1.53. The molecule has 21 heavy (non-hydrogen) atoms. The molecule has 2 fully saturated rings. The maximum atomic E-state index is 3.83. The van der Waals surface area contributed by atoms with Crippen LogP contribution in [-0.4, -0.2) is 36.6 Å². The van der Waals surface area contributed by atoms with Crippen molar-refractivity contribution >= 4 is 0 Å². The standard InChI is InChI=1S/C19H30N2/c1-16-14-20-19(18-10-6-3-7-11-18)15-21(16)13-12-17-8-4-2-5-9-17/h2,4-5,8-9,16,18-20H,3,6-7,10-15H2,1H3. The lowest BCUT2D eigenvalue weighted by molar-refractivity contribution is 0.105. The van der Waals surface area contributed by atoms with Gasteiger partial charge >= 0.3 is 0 Å². The summed E-state index contributed by atoms with van der Waals surface area (Å²) in [5, 5.41) is 3.83. The van der Waals surface area contributed by atoms with E-state index >= 15 is 0 Å². The first-order chi connectivity index (χ1) is 10.3. The second kappa shape index (κ2) is 7.42. The highest BCUT2D eigenvalue weighted by molar-refractivity contribution is 5.15. The summed E-state index contributed by atoms with van der Waals surface area (Å²) in [6.45, 7) is 5.99. The van der Waals surface area contributed by atoms with E-state index in [4.69, 9.17) is 0 Å². The lowest BCUT2D eigenvalue weighted by atomic mass is 9.82. The van der Waals surface area contributed by atoms with Crippen molar-refractivity contribution < 1.29 is 0 Å². The molecule has 1 aliphatic heterocycles. The summed E-state index contributed by atoms with van der Waals surface area (Å²) in [5.41, 5.74) is 1.47. The van der Waals surface area contributed by atoms with Gasteiger partial charge < -0.3 is 5.32 Å². The van der Waals surface area contributed by atoms with Gasteiger partial charge in [-0.25, -0.2) is 0 Å². The maximum absolute atomic E-state index is 3.83. The Hall–Kier alpha value is -0.860. The first-order valence-corrected chi connectivity index (χ1v) is 8.84. The fourth-order valence-corrected chi connectivity index (χ4v) is 4.03. The van der Waals surface area contributed by atoms with Gasteiger partial charge in [-0.2, -0.15) is 0 Å². The Labute approximate surface area is 129 Å². The van der Waals surface area contributed by atoms with E-state index in [-0.39, 0.29) is 0 Å². The Morgan fingerprint density at radius 2 is 1.86 bits per heavy atom. The molecule has 116 valence electrons. The summed E-state index contributed by atoms with van der Waals surface area (Å²) >= 11 is 0. The number of hydrogen-bond donors (Lipinski definition) is 1. The molecule has 3 rings (SSSR count). The van der Waals surface area contributed by atoms with E-state index in [0.29, 0.717) is 6.04 Å². The van der Waals surface area contributed by atoms with Crippen LogP contribution >= 0.6 is 0 Å². The van der Waals surface area contributed by atoms with Crippen LogP contribution in [-0.2, 0) is 6.42 Å². The highest BCUT2D eigenvalue weighted by atomic mass is 15.2. The Morgan fingerprint density at radius 3 is 2.62 bits per heavy atom. The summed E-state index contributed by atoms with van der Waals surface area (Å²) in [6.07, 6.45) is 8.42. The van der Waals surface area contributed by atoms with Crippen molar-refractivity contribution in [3.8, 4) is 0 Å². The van der Waals surface area contributed by atoms with Crippen LogP contribution < -0.4 is 5.32 Å². The van der Waals surface area contributed by atoms with Crippen molar-refractivity contribution in [3.63, 3.8) is 0 Å². The van der Waals surface area contributed by atoms with Gasteiger partial charge in [-0.1, -0.05) is 49.6 Å². The van der Waals surface area contributed by atoms with Gasteiger partial charge in [0.15, 0.2) is 0 Å². The van der Waals surface area contributed by atoms with Gasteiger partial charge in [0, 0.05) is 31.7 Å². The Kier molecular flexibility index (Phi) is 5.32. The zero-order valence-corrected chi connectivity index (χ0v) is 13.4. The number of hydrogen-bond acceptors (Lipinski definition) is 2. The summed E-state index contributed by atoms with van der Waals surface area (Å²) in [7, 11) is 0. The molecular weight excluding hydrogens is 256 g/mol. The second-order valence-electron chi connectivity index (χ2n) is 6.99. The molecule has 0 spiro atoms. The largest absolute Gasteiger partial charge is 0.311 e. The molecule has 1 heterocycles. The van der Waals surface area contributed by atoms with E-state index in [2.05, 4.69) is 47.5 Å². The fourth-order valence-electron chi connectivity index (χ4n) is 4.03. The SMILES string of the molecule is CC1CNC(C2CCCCC2)CN1CCc1ccccc1. The first-order valence-electron chi connectivity index (χ1n) is 8.84. The van der Waals surface area contributed by atoms with Crippen LogP contribution in [0.15, 0.2) is 30.3 Å². The van der Waals surface area contributed by atoms with Gasteiger partial charge in [0.1, 0.15) is 0 Å². The van der Waals surface area contributed by atoms with Crippen LogP contribution in [0.4, 0.5) is 0 Å². The molecular formula is C19H30N2. The third-order valence-electron chi connectivity index (χ3n) is 5.48. The third-order valence-corrected chi connectivity index (χ3v) is 5.48. The van der Waals surface area contributed by atoms with Crippen molar-refractivity contribution in [1.82, 2.24) is 10.2 Å². The Bertz CT molecular complexity index is 411. The highest BCUT2D eigenvalue weighted by Gasteiger charge is 2.30. The predicted molar refractivity (Wildman–Crippen MR) is 89.5 cm³/mol. The smallest absolute Gasteiger partial charge is 0.0224 e. The molecule has 1 saturated heterocycles. The summed E-state index contributed by atoms with van der Waals surface area (Å²) in [6, 6.07) is 12.3. The molecule has 1 aliphatic carbocycles. The minimum Gasteiger partial charge on any atom is -0.311 e. The van der Waals surface area contributed by atoms with Gasteiger partial charge in [-0.15, -0.1) is 0 Å². The summed E-state index contributed by atoms with van der Waals surface area (Å²) < 4.78 is 0. The van der Waals surface area contributed by atoms with Crippen molar-refractivity contribution in [3.05, 3.63) is 35.9 Å². The number of benzene rings is 1. The molecule has 1 aromatic rings. The van der Waals surface area contributed by atoms with Crippen LogP contribution in [0.3, 0.4) is 0 Å². The van der Waals surface area contributed by atoms with Crippen LogP contribution in [0.1, 0.15) is 44.6 Å². The Morgan fingerprint density at radius 1 is 1.10 bits per heavy atom. The van der Waals surface area contributed by atoms with E-state index in [1.807, 2.05) is 0 Å². The van der Waals surface area contributed by atoms with Crippen LogP contribution in [0.5, 0.6) is 0 Å². The lowest BCUT2D eigenvalue weighted by Gasteiger charge is -2.43. The molecule has 1 N–H and O–H groups in total. The van der Waals surface area contributed by atoms with E-state index < -0.39 is 0 Å². The molecule has 1 saturated carbocycles. The van der Waals surface area contributed by atoms with Crippen molar-refractivity contribution in [2.24, 2.45) is 5.92 Å². The molecule has 2 atom stereocenters. The van der Waals surface area contributed by atoms with Crippen molar-refractivity contribution in [2.45, 2.75) is 57.5 Å². The minimum atomic E-state index is 0.675. The van der Waals surface area contributed by atoms with Gasteiger partial charge in [0.25, 0.3) is 0 Å². The van der Waals surface area contributed by atoms with Crippen LogP contribution in [0.25, 0.3) is 0 Å². The second-order valence-corrected chi connectivity index (χ2v) is 6.99. The maximum Gasteiger partial charge on any atom is 0.0224 e. The summed E-state index contributed by atoms with van der Waals surface area (Å²) in [5.74, 6) is 0.922. The zero-order chi connectivity index (χ0) is 14.5. The van der Waals surface area contributed by atoms with Crippen LogP contribution in [0, 0.1) is 5.92 Å². The van der Waals surface area contributed by atoms with Gasteiger partial charge in [-0.05, 0) is 37.7 Å². The van der Waals surface area contributed by atoms with Gasteiger partial charge in [-0.3, -0.25) is 4.90 Å². The molecule has 0 radical (unpaired) electrons. The van der Waals surface area contributed by atoms with E-state index in [9.17, 15) is 0 Å². The molecule has 0 bridgehead atoms. The molecule has 2 heteroatoms. The monoisotopic (exact) mass is 286 g/mol. The first kappa shape index (κ1) is 15.1. The van der Waals surface area contributed by atoms with E-state index in [1.54, 1.807) is 0 Å². The van der Waals surface area contributed by atoms with Crippen molar-refractivity contribution in [2.75, 3.05) is 19.6 Å². The molecule has 2 nitrogen and oxygen atoms in total. The zero-order valence-electron chi connectivity index (χ0n) is 13.4. The molecule has 0 amide bonds. The predicted octanol–water partition coefficient (Wildman–Crippen LogP) is 3.47. The number of nitrogens with one attached hydrogen (secondary N) is 1. The average Bonchev–Trinajstić information content (AvgIpc) is 2.56. The fraction of sp³-hybridized carbons (Fsp3) is 0.684. The number of piperazine rings is 1. The molecule has 0 aromatic heterocycles. The minimum absolute atomic E-state index is 0.675. The average molecular weight is 286 g/mol. The normalized spacial score (nSPS) is 28.6. The third kappa shape index (κ3) is 4.08. The van der Waals surface area contributed by atoms with Gasteiger partial charge in [0.05, 0.1) is 0 Å². The van der Waals surface area contributed by atoms with E-state index in [0.717, 1.165) is 18.5 Å². The summed E-state index contributed by atoms with van der Waals surface area (Å²) in [4.78, 5) is 2.71. The number of nitrogens with zero attached hydrogens (tertiary/aromatic N) is 1. The van der Waals surface area contributed by atoms with E-state index in [1.165, 1.54) is 57.2 Å². The highest BCUT2D eigenvalue weighted by Crippen LogP contribution is 2.28. The molecule has 2 unspecified atom stereocenters. The quantitative estimate of drug-likeness (QED) is 0.911. The number of rotatable bonds is 4.